The summed E-state index contributed by atoms with van der Waals surface area (Å²) in [6.07, 6.45) is 16.2. The highest BCUT2D eigenvalue weighted by molar-refractivity contribution is 5.88. The Bertz CT molecular complexity index is 2830. The van der Waals surface area contributed by atoms with Crippen molar-refractivity contribution in [3.63, 3.8) is 0 Å². The molecule has 364 valence electrons. The average molecular weight is 945 g/mol. The van der Waals surface area contributed by atoms with Crippen molar-refractivity contribution >= 4 is 24.0 Å². The standard InChI is InChI=1S/C56H64N8O6/c1-30(2)50(62-55(67)69-5)53(65)57-24-8-7-11-45-58-29-43(60-45)41-23-22-40(48-36-18-19-37(27-36)49(41)48)39-21-20-38(46-34-16-17-35(26-34)47(39)46)32-12-14-33(15-13-32)42-28-59-52(61-42)44-10-9-25-64(44)54(66)51(31(3)4)63-56(68)70-6/h12,14,16-17,20-23,28-31,34-37,44,50-51H,7-11,18-19,24-27H2,1-6H3,(H,57,65)(H,58,60)(H,59,61)(H,62,67)(H,63,68). The van der Waals surface area contributed by atoms with Gasteiger partial charge < -0.3 is 40.3 Å². The van der Waals surface area contributed by atoms with Gasteiger partial charge in [0.1, 0.15) is 23.7 Å². The predicted molar refractivity (Wildman–Crippen MR) is 267 cm³/mol. The fourth-order valence-electron chi connectivity index (χ4n) is 12.1. The number of imidazole rings is 2. The van der Waals surface area contributed by atoms with E-state index in [0.29, 0.717) is 36.8 Å². The summed E-state index contributed by atoms with van der Waals surface area (Å²) in [4.78, 5) is 68.9. The van der Waals surface area contributed by atoms with Gasteiger partial charge in [-0.15, -0.1) is 0 Å². The quantitative estimate of drug-likeness (QED) is 0.0478. The third-order valence-electron chi connectivity index (χ3n) is 15.6. The Morgan fingerprint density at radius 1 is 0.700 bits per heavy atom. The first-order valence-corrected chi connectivity index (χ1v) is 25.3. The number of likely N-dealkylation sites (tertiary alicyclic amines) is 1. The number of aromatic amines is 2. The summed E-state index contributed by atoms with van der Waals surface area (Å²) in [7, 11) is 2.59. The van der Waals surface area contributed by atoms with Gasteiger partial charge in [0.25, 0.3) is 0 Å². The van der Waals surface area contributed by atoms with Gasteiger partial charge in [-0.05, 0) is 126 Å². The molecule has 10 rings (SSSR count). The molecule has 1 saturated carbocycles. The number of ether oxygens (including phenoxy) is 2. The Hall–Kier alpha value is -6.88. The van der Waals surface area contributed by atoms with E-state index in [9.17, 15) is 19.2 Å². The lowest BCUT2D eigenvalue weighted by atomic mass is 9.78. The van der Waals surface area contributed by atoms with Gasteiger partial charge in [-0.3, -0.25) is 9.59 Å². The van der Waals surface area contributed by atoms with Gasteiger partial charge in [0.15, 0.2) is 0 Å². The summed E-state index contributed by atoms with van der Waals surface area (Å²) in [5.41, 5.74) is 14.8. The van der Waals surface area contributed by atoms with Crippen molar-refractivity contribution in [1.82, 2.24) is 40.8 Å². The number of aromatic nitrogens is 4. The molecule has 1 saturated heterocycles. The molecule has 0 radical (unpaired) electrons. The molecule has 5 aromatic rings. The predicted octanol–water partition coefficient (Wildman–Crippen LogP) is 9.77. The van der Waals surface area contributed by atoms with Gasteiger partial charge >= 0.3 is 12.2 Å². The molecule has 70 heavy (non-hydrogen) atoms. The maximum Gasteiger partial charge on any atom is 0.407 e. The van der Waals surface area contributed by atoms with Crippen LogP contribution in [0.1, 0.15) is 143 Å². The molecule has 0 spiro atoms. The van der Waals surface area contributed by atoms with E-state index < -0.39 is 24.3 Å². The number of carbonyl (C=O) groups is 4. The second-order valence-electron chi connectivity index (χ2n) is 20.5. The van der Waals surface area contributed by atoms with Crippen LogP contribution in [0.15, 0.2) is 60.9 Å². The number of nitrogens with zero attached hydrogens (tertiary/aromatic N) is 3. The van der Waals surface area contributed by atoms with Gasteiger partial charge in [0.2, 0.25) is 11.8 Å². The molecule has 5 N–H and O–H groups in total. The third-order valence-corrected chi connectivity index (χ3v) is 15.6. The summed E-state index contributed by atoms with van der Waals surface area (Å²) in [6, 6.07) is 19.0. The van der Waals surface area contributed by atoms with Gasteiger partial charge in [0, 0.05) is 42.5 Å². The number of hydrogen-bond acceptors (Lipinski definition) is 8. The van der Waals surface area contributed by atoms with E-state index >= 15 is 0 Å². The fraction of sp³-hybridized carbons (Fsp3) is 0.464. The van der Waals surface area contributed by atoms with E-state index in [-0.39, 0.29) is 29.7 Å². The molecule has 5 aliphatic rings. The molecule has 2 fully saturated rings. The number of aryl methyl sites for hydroxylation is 1. The maximum absolute atomic E-state index is 13.7. The van der Waals surface area contributed by atoms with Crippen LogP contribution in [0.3, 0.4) is 0 Å². The van der Waals surface area contributed by atoms with E-state index in [1.54, 1.807) is 0 Å². The lowest BCUT2D eigenvalue weighted by Gasteiger charge is -2.30. The van der Waals surface area contributed by atoms with Crippen LogP contribution in [0.2, 0.25) is 0 Å². The third kappa shape index (κ3) is 8.73. The van der Waals surface area contributed by atoms with Gasteiger partial charge in [-0.25, -0.2) is 19.6 Å². The van der Waals surface area contributed by atoms with Gasteiger partial charge in [-0.1, -0.05) is 76.2 Å². The number of fused-ring (bicyclic) bond motifs is 10. The summed E-state index contributed by atoms with van der Waals surface area (Å²) in [5, 5.41) is 8.32. The molecule has 4 bridgehead atoms. The van der Waals surface area contributed by atoms with Crippen molar-refractivity contribution in [2.45, 2.75) is 127 Å². The second-order valence-corrected chi connectivity index (χ2v) is 20.5. The largest absolute Gasteiger partial charge is 0.453 e. The summed E-state index contributed by atoms with van der Waals surface area (Å²) >= 11 is 0. The van der Waals surface area contributed by atoms with Crippen molar-refractivity contribution in [1.29, 1.82) is 0 Å². The van der Waals surface area contributed by atoms with E-state index in [1.165, 1.54) is 78.0 Å². The number of H-pyrrole nitrogens is 2. The van der Waals surface area contributed by atoms with Crippen LogP contribution in [0.4, 0.5) is 9.59 Å². The van der Waals surface area contributed by atoms with Crippen LogP contribution < -0.4 is 16.0 Å². The van der Waals surface area contributed by atoms with Crippen LogP contribution >= 0.6 is 0 Å². The molecule has 7 unspecified atom stereocenters. The molecule has 4 aliphatic carbocycles. The van der Waals surface area contributed by atoms with Crippen molar-refractivity contribution in [2.24, 2.45) is 11.8 Å². The van der Waals surface area contributed by atoms with E-state index in [0.717, 1.165) is 72.7 Å². The van der Waals surface area contributed by atoms with E-state index in [1.807, 2.05) is 45.0 Å². The minimum atomic E-state index is -0.693. The number of amides is 4. The molecule has 14 nitrogen and oxygen atoms in total. The van der Waals surface area contributed by atoms with Crippen LogP contribution in [0.25, 0.3) is 44.8 Å². The van der Waals surface area contributed by atoms with Crippen molar-refractivity contribution in [3.05, 3.63) is 107 Å². The highest BCUT2D eigenvalue weighted by atomic mass is 16.5. The minimum absolute atomic E-state index is 0.0688. The van der Waals surface area contributed by atoms with Crippen LogP contribution in [-0.4, -0.2) is 88.2 Å². The number of hydrogen-bond donors (Lipinski definition) is 5. The highest BCUT2D eigenvalue weighted by Crippen LogP contribution is 2.61. The first-order valence-electron chi connectivity index (χ1n) is 25.3. The molecule has 4 amide bonds. The number of rotatable bonds is 16. The zero-order valence-electron chi connectivity index (χ0n) is 41.0. The fourth-order valence-corrected chi connectivity index (χ4v) is 12.1. The number of unbranched alkanes of at least 4 members (excludes halogenated alkanes) is 1. The summed E-state index contributed by atoms with van der Waals surface area (Å²) in [6.45, 7) is 8.72. The zero-order valence-corrected chi connectivity index (χ0v) is 41.0. The molecule has 2 aromatic heterocycles. The maximum atomic E-state index is 13.7. The van der Waals surface area contributed by atoms with Crippen LogP contribution in [0, 0.1) is 24.0 Å². The SMILES string of the molecule is COC(=O)NC(C(=O)NCCCCc1ncc(-c2ccc(-c3ccc(-c4c#cc(-c5cnc(C6CCCN6C(=O)C(NC(=O)OC)C(C)C)[nH]5)cc4)c4c3C3C=CC4C3)c3c2C2CCC3C2)[nH]1)C(C)C. The summed E-state index contributed by atoms with van der Waals surface area (Å²) in [5.74, 6) is 2.97. The van der Waals surface area contributed by atoms with Crippen molar-refractivity contribution in [2.75, 3.05) is 27.3 Å². The topological polar surface area (TPSA) is 183 Å². The van der Waals surface area contributed by atoms with Gasteiger partial charge in [0.05, 0.1) is 49.6 Å². The first kappa shape index (κ1) is 46.8. The number of nitrogens with one attached hydrogen (secondary N) is 5. The number of methoxy groups -OCH3 is 2. The molecular formula is C56H64N8O6. The number of allylic oxidation sites excluding steroid dienone is 2. The summed E-state index contributed by atoms with van der Waals surface area (Å²) < 4.78 is 9.50. The second kappa shape index (κ2) is 19.5. The van der Waals surface area contributed by atoms with Gasteiger partial charge in [-0.2, -0.15) is 0 Å². The normalized spacial score (nSPS) is 21.1. The Kier molecular flexibility index (Phi) is 13.0. The number of benzene rings is 2. The van der Waals surface area contributed by atoms with E-state index in [4.69, 9.17) is 19.4 Å². The Morgan fingerprint density at radius 2 is 1.31 bits per heavy atom. The lowest BCUT2D eigenvalue weighted by Crippen LogP contribution is -2.51. The number of alkyl carbamates (subject to hydrolysis) is 2. The molecule has 14 heteroatoms. The van der Waals surface area contributed by atoms with Crippen molar-refractivity contribution in [3.8, 4) is 44.8 Å². The smallest absolute Gasteiger partial charge is 0.407 e. The lowest BCUT2D eigenvalue weighted by molar-refractivity contribution is -0.135. The Morgan fingerprint density at radius 3 is 2.00 bits per heavy atom. The van der Waals surface area contributed by atoms with Crippen LogP contribution in [0.5, 0.6) is 0 Å². The monoisotopic (exact) mass is 944 g/mol. The average Bonchev–Trinajstić information content (AvgIpc) is 4.24. The van der Waals surface area contributed by atoms with E-state index in [2.05, 4.69) is 86.6 Å². The number of carbonyl (C=O) groups excluding carboxylic acids is 4. The zero-order chi connectivity index (χ0) is 48.8. The molecule has 3 aromatic carbocycles. The Labute approximate surface area is 410 Å². The Balaban J connectivity index is 0.853. The molecular weight excluding hydrogens is 881 g/mol. The highest BCUT2D eigenvalue weighted by Gasteiger charge is 2.43. The minimum Gasteiger partial charge on any atom is -0.453 e. The van der Waals surface area contributed by atoms with Crippen molar-refractivity contribution < 1.29 is 28.7 Å². The molecule has 3 heterocycles. The first-order chi connectivity index (χ1) is 33.9. The van der Waals surface area contributed by atoms with Crippen LogP contribution in [-0.2, 0) is 25.5 Å². The molecule has 7 atom stereocenters. The molecule has 1 aliphatic heterocycles.